The van der Waals surface area contributed by atoms with Crippen LogP contribution in [0, 0.1) is 5.41 Å². The highest BCUT2D eigenvalue weighted by atomic mass is 16.4. The number of carboxylic acid groups (broad SMARTS) is 1. The Morgan fingerprint density at radius 2 is 1.50 bits per heavy atom. The van der Waals surface area contributed by atoms with E-state index in [0.717, 1.165) is 0 Å². The van der Waals surface area contributed by atoms with Crippen molar-refractivity contribution in [2.45, 2.75) is 13.8 Å². The summed E-state index contributed by atoms with van der Waals surface area (Å²) in [6, 6.07) is 0. The van der Waals surface area contributed by atoms with Crippen LogP contribution in [0.25, 0.3) is 0 Å². The third-order valence-corrected chi connectivity index (χ3v) is 1.96. The zero-order valence-electron chi connectivity index (χ0n) is 9.40. The molecule has 0 aliphatic carbocycles. The molecule has 0 aromatic heterocycles. The maximum absolute atomic E-state index is 10.9. The molecule has 7 nitrogen and oxygen atoms in total. The molecule has 0 aromatic rings. The first kappa shape index (κ1) is 14.4. The highest BCUT2D eigenvalue weighted by Crippen LogP contribution is 2.16. The van der Waals surface area contributed by atoms with E-state index in [1.807, 2.05) is 0 Å². The molecular formula is C9H17N3O4. The molecule has 7 heteroatoms. The van der Waals surface area contributed by atoms with Crippen molar-refractivity contribution in [3.8, 4) is 0 Å². The highest BCUT2D eigenvalue weighted by Gasteiger charge is 2.30. The summed E-state index contributed by atoms with van der Waals surface area (Å²) in [5, 5.41) is 8.90. The maximum Gasteiger partial charge on any atom is 0.310 e. The quantitative estimate of drug-likeness (QED) is 0.484. The van der Waals surface area contributed by atoms with Gasteiger partial charge in [0.1, 0.15) is 0 Å². The van der Waals surface area contributed by atoms with Crippen molar-refractivity contribution in [3.05, 3.63) is 0 Å². The average molecular weight is 231 g/mol. The van der Waals surface area contributed by atoms with Crippen LogP contribution in [0.3, 0.4) is 0 Å². The number of carbonyl (C=O) groups excluding carboxylic acids is 2. The minimum absolute atomic E-state index is 0.0220. The fourth-order valence-corrected chi connectivity index (χ4v) is 1.24. The van der Waals surface area contributed by atoms with E-state index >= 15 is 0 Å². The van der Waals surface area contributed by atoms with Gasteiger partial charge in [0.2, 0.25) is 11.8 Å². The molecule has 0 aliphatic rings. The molecule has 0 bridgehead atoms. The maximum atomic E-state index is 10.9. The summed E-state index contributed by atoms with van der Waals surface area (Å²) in [7, 11) is 0. The van der Waals surface area contributed by atoms with Crippen LogP contribution < -0.4 is 11.5 Å². The standard InChI is InChI=1S/C9H17N3O4/c1-9(2,8(15)16)5-12(3-6(10)13)4-7(11)14/h3-5H2,1-2H3,(H2,10,13)(H2,11,14)(H,15,16). The zero-order chi connectivity index (χ0) is 12.9. The second-order valence-corrected chi connectivity index (χ2v) is 4.27. The molecule has 0 rings (SSSR count). The molecule has 5 N–H and O–H groups in total. The van der Waals surface area contributed by atoms with Gasteiger partial charge in [-0.15, -0.1) is 0 Å². The lowest BCUT2D eigenvalue weighted by molar-refractivity contribution is -0.148. The summed E-state index contributed by atoms with van der Waals surface area (Å²) < 4.78 is 0. The topological polar surface area (TPSA) is 127 Å². The van der Waals surface area contributed by atoms with E-state index < -0.39 is 23.2 Å². The number of carboxylic acids is 1. The van der Waals surface area contributed by atoms with E-state index in [4.69, 9.17) is 16.6 Å². The SMILES string of the molecule is CC(C)(CN(CC(N)=O)CC(N)=O)C(=O)O. The van der Waals surface area contributed by atoms with Gasteiger partial charge in [0.15, 0.2) is 0 Å². The Kier molecular flexibility index (Phi) is 4.90. The fraction of sp³-hybridized carbons (Fsp3) is 0.667. The van der Waals surface area contributed by atoms with E-state index in [-0.39, 0.29) is 19.6 Å². The molecule has 0 aliphatic heterocycles. The predicted octanol–water partition coefficient (Wildman–Crippen LogP) is -1.63. The van der Waals surface area contributed by atoms with Crippen LogP contribution in [0.2, 0.25) is 0 Å². The molecular weight excluding hydrogens is 214 g/mol. The van der Waals surface area contributed by atoms with Crippen molar-refractivity contribution < 1.29 is 19.5 Å². The minimum atomic E-state index is -1.08. The minimum Gasteiger partial charge on any atom is -0.481 e. The molecule has 0 atom stereocenters. The molecule has 92 valence electrons. The summed E-state index contributed by atoms with van der Waals surface area (Å²) in [6.07, 6.45) is 0. The fourth-order valence-electron chi connectivity index (χ4n) is 1.24. The van der Waals surface area contributed by atoms with Crippen LogP contribution in [-0.2, 0) is 14.4 Å². The molecule has 0 aromatic carbocycles. The van der Waals surface area contributed by atoms with E-state index in [9.17, 15) is 14.4 Å². The number of carbonyl (C=O) groups is 3. The number of nitrogens with zero attached hydrogens (tertiary/aromatic N) is 1. The molecule has 0 unspecified atom stereocenters. The lowest BCUT2D eigenvalue weighted by Crippen LogP contribution is -2.46. The van der Waals surface area contributed by atoms with E-state index in [2.05, 4.69) is 0 Å². The number of hydrogen-bond donors (Lipinski definition) is 3. The summed E-state index contributed by atoms with van der Waals surface area (Å²) in [5.74, 6) is -2.30. The second-order valence-electron chi connectivity index (χ2n) is 4.27. The number of rotatable bonds is 7. The van der Waals surface area contributed by atoms with Crippen LogP contribution in [-0.4, -0.2) is 47.4 Å². The van der Waals surface area contributed by atoms with Gasteiger partial charge in [0.25, 0.3) is 0 Å². The van der Waals surface area contributed by atoms with Crippen LogP contribution >= 0.6 is 0 Å². The first-order chi connectivity index (χ1) is 7.15. The molecule has 0 fully saturated rings. The first-order valence-corrected chi connectivity index (χ1v) is 4.67. The van der Waals surface area contributed by atoms with Crippen molar-refractivity contribution in [2.75, 3.05) is 19.6 Å². The van der Waals surface area contributed by atoms with E-state index in [0.29, 0.717) is 0 Å². The number of aliphatic carboxylic acids is 1. The number of amides is 2. The molecule has 0 saturated carbocycles. The Morgan fingerprint density at radius 3 is 1.75 bits per heavy atom. The van der Waals surface area contributed by atoms with Gasteiger partial charge in [-0.05, 0) is 13.8 Å². The Morgan fingerprint density at radius 1 is 1.12 bits per heavy atom. The van der Waals surface area contributed by atoms with E-state index in [1.54, 1.807) is 0 Å². The predicted molar refractivity (Wildman–Crippen MR) is 56.2 cm³/mol. The Balaban J connectivity index is 4.59. The first-order valence-electron chi connectivity index (χ1n) is 4.67. The largest absolute Gasteiger partial charge is 0.481 e. The summed E-state index contributed by atoms with van der Waals surface area (Å²) >= 11 is 0. The highest BCUT2D eigenvalue weighted by molar-refractivity contribution is 5.79. The lowest BCUT2D eigenvalue weighted by atomic mass is 9.93. The normalized spacial score (nSPS) is 11.4. The molecule has 2 amide bonds. The summed E-state index contributed by atoms with van der Waals surface area (Å²) in [4.78, 5) is 33.6. The molecule has 0 spiro atoms. The number of primary amides is 2. The third-order valence-electron chi connectivity index (χ3n) is 1.96. The molecule has 0 radical (unpaired) electrons. The van der Waals surface area contributed by atoms with E-state index in [1.165, 1.54) is 18.7 Å². The van der Waals surface area contributed by atoms with Crippen LogP contribution in [0.15, 0.2) is 0 Å². The van der Waals surface area contributed by atoms with Crippen molar-refractivity contribution >= 4 is 17.8 Å². The Hall–Kier alpha value is -1.63. The van der Waals surface area contributed by atoms with Crippen molar-refractivity contribution in [1.82, 2.24) is 4.90 Å². The van der Waals surface area contributed by atoms with Crippen LogP contribution in [0.1, 0.15) is 13.8 Å². The van der Waals surface area contributed by atoms with Gasteiger partial charge in [-0.3, -0.25) is 19.3 Å². The van der Waals surface area contributed by atoms with Gasteiger partial charge in [0, 0.05) is 6.54 Å². The van der Waals surface area contributed by atoms with Gasteiger partial charge in [0.05, 0.1) is 18.5 Å². The summed E-state index contributed by atoms with van der Waals surface area (Å²) in [6.45, 7) is 2.61. The lowest BCUT2D eigenvalue weighted by Gasteiger charge is -2.27. The Bertz CT molecular complexity index is 285. The molecule has 0 saturated heterocycles. The van der Waals surface area contributed by atoms with Crippen LogP contribution in [0.5, 0.6) is 0 Å². The van der Waals surface area contributed by atoms with Gasteiger partial charge >= 0.3 is 5.97 Å². The third kappa shape index (κ3) is 5.30. The second kappa shape index (κ2) is 5.45. The van der Waals surface area contributed by atoms with Crippen molar-refractivity contribution in [2.24, 2.45) is 16.9 Å². The smallest absolute Gasteiger partial charge is 0.310 e. The number of nitrogens with two attached hydrogens (primary N) is 2. The zero-order valence-corrected chi connectivity index (χ0v) is 9.40. The monoisotopic (exact) mass is 231 g/mol. The number of hydrogen-bond acceptors (Lipinski definition) is 4. The van der Waals surface area contributed by atoms with Crippen LogP contribution in [0.4, 0.5) is 0 Å². The molecule has 16 heavy (non-hydrogen) atoms. The van der Waals surface area contributed by atoms with Crippen molar-refractivity contribution in [3.63, 3.8) is 0 Å². The van der Waals surface area contributed by atoms with Gasteiger partial charge in [-0.25, -0.2) is 0 Å². The van der Waals surface area contributed by atoms with Gasteiger partial charge in [-0.2, -0.15) is 0 Å². The average Bonchev–Trinajstić information content (AvgIpc) is 1.99. The van der Waals surface area contributed by atoms with Crippen molar-refractivity contribution in [1.29, 1.82) is 0 Å². The molecule has 0 heterocycles. The van der Waals surface area contributed by atoms with Gasteiger partial charge < -0.3 is 16.6 Å². The van der Waals surface area contributed by atoms with Gasteiger partial charge in [-0.1, -0.05) is 0 Å². The Labute approximate surface area is 93.4 Å². The summed E-state index contributed by atoms with van der Waals surface area (Å²) in [5.41, 5.74) is 8.89.